The molecule has 7 heteroatoms. The van der Waals surface area contributed by atoms with Crippen LogP contribution in [0.2, 0.25) is 0 Å². The largest absolute Gasteiger partial charge is 0.459 e. The molecule has 0 aliphatic heterocycles. The molecule has 0 radical (unpaired) electrons. The lowest BCUT2D eigenvalue weighted by Gasteiger charge is -2.15. The number of benzene rings is 3. The van der Waals surface area contributed by atoms with Gasteiger partial charge in [0.05, 0.1) is 6.04 Å². The number of para-hydroxylation sites is 1. The third kappa shape index (κ3) is 4.74. The van der Waals surface area contributed by atoms with Crippen LogP contribution >= 0.6 is 12.2 Å². The first-order chi connectivity index (χ1) is 16.5. The van der Waals surface area contributed by atoms with Crippen molar-refractivity contribution in [1.82, 2.24) is 10.3 Å². The minimum atomic E-state index is -0.261. The molecule has 1 atom stereocenters. The first-order valence-corrected chi connectivity index (χ1v) is 11.3. The van der Waals surface area contributed by atoms with Crippen LogP contribution in [0.5, 0.6) is 0 Å². The summed E-state index contributed by atoms with van der Waals surface area (Å²) in [7, 11) is 0. The van der Waals surface area contributed by atoms with E-state index in [1.165, 1.54) is 0 Å². The molecule has 1 amide bonds. The maximum Gasteiger partial charge on any atom is 0.274 e. The van der Waals surface area contributed by atoms with E-state index >= 15 is 0 Å². The summed E-state index contributed by atoms with van der Waals surface area (Å²) in [4.78, 5) is 16.9. The molecule has 0 saturated heterocycles. The van der Waals surface area contributed by atoms with Crippen LogP contribution in [0.3, 0.4) is 0 Å². The van der Waals surface area contributed by atoms with Gasteiger partial charge in [0.25, 0.3) is 5.91 Å². The van der Waals surface area contributed by atoms with Gasteiger partial charge in [0, 0.05) is 28.3 Å². The SMILES string of the molecule is CC(NC(=S)Nc1ccc(NC(=O)c2cc3ccccc3cn2)cc1)c1cc2ccccc2o1. The second-order valence-electron chi connectivity index (χ2n) is 7.95. The van der Waals surface area contributed by atoms with Crippen LogP contribution in [0.25, 0.3) is 21.7 Å². The fourth-order valence-corrected chi connectivity index (χ4v) is 3.99. The van der Waals surface area contributed by atoms with Gasteiger partial charge in [0.2, 0.25) is 0 Å². The quantitative estimate of drug-likeness (QED) is 0.265. The van der Waals surface area contributed by atoms with Crippen LogP contribution in [0.1, 0.15) is 29.2 Å². The molecule has 3 N–H and O–H groups in total. The average Bonchev–Trinajstić information content (AvgIpc) is 3.29. The molecule has 2 heterocycles. The first kappa shape index (κ1) is 21.6. The lowest BCUT2D eigenvalue weighted by Crippen LogP contribution is -2.30. The van der Waals surface area contributed by atoms with Gasteiger partial charge in [-0.25, -0.2) is 0 Å². The van der Waals surface area contributed by atoms with E-state index in [9.17, 15) is 4.79 Å². The van der Waals surface area contributed by atoms with Gasteiger partial charge in [-0.1, -0.05) is 42.5 Å². The molecule has 5 aromatic rings. The minimum absolute atomic E-state index is 0.0968. The molecule has 2 aromatic heterocycles. The summed E-state index contributed by atoms with van der Waals surface area (Å²) in [6, 6.07) is 26.7. The fraction of sp³-hybridized carbons (Fsp3) is 0.0741. The number of amides is 1. The molecule has 5 rings (SSSR count). The van der Waals surface area contributed by atoms with E-state index in [1.807, 2.05) is 85.8 Å². The Morgan fingerprint density at radius 1 is 0.853 bits per heavy atom. The smallest absolute Gasteiger partial charge is 0.274 e. The van der Waals surface area contributed by atoms with E-state index in [2.05, 4.69) is 20.9 Å². The number of carbonyl (C=O) groups is 1. The summed E-state index contributed by atoms with van der Waals surface area (Å²) in [5, 5.41) is 12.8. The third-order valence-electron chi connectivity index (χ3n) is 5.48. The predicted octanol–water partition coefficient (Wildman–Crippen LogP) is 6.28. The zero-order valence-electron chi connectivity index (χ0n) is 18.4. The number of thiocarbonyl (C=S) groups is 1. The van der Waals surface area contributed by atoms with Crippen LogP contribution in [-0.4, -0.2) is 16.0 Å². The summed E-state index contributed by atoms with van der Waals surface area (Å²) in [6.07, 6.45) is 1.71. The van der Waals surface area contributed by atoms with Crippen molar-refractivity contribution >= 4 is 56.4 Å². The van der Waals surface area contributed by atoms with Crippen molar-refractivity contribution in [3.63, 3.8) is 0 Å². The molecule has 0 bridgehead atoms. The zero-order chi connectivity index (χ0) is 23.5. The van der Waals surface area contributed by atoms with Gasteiger partial charge in [-0.15, -0.1) is 0 Å². The predicted molar refractivity (Wildman–Crippen MR) is 140 cm³/mol. The Hall–Kier alpha value is -4.23. The Kier molecular flexibility index (Phi) is 5.93. The second-order valence-corrected chi connectivity index (χ2v) is 8.36. The first-order valence-electron chi connectivity index (χ1n) is 10.9. The lowest BCUT2D eigenvalue weighted by atomic mass is 10.1. The number of nitrogens with one attached hydrogen (secondary N) is 3. The number of nitrogens with zero attached hydrogens (tertiary/aromatic N) is 1. The van der Waals surface area contributed by atoms with E-state index in [0.717, 1.165) is 33.2 Å². The summed E-state index contributed by atoms with van der Waals surface area (Å²) in [5.74, 6) is 0.550. The molecule has 0 saturated carbocycles. The van der Waals surface area contributed by atoms with E-state index < -0.39 is 0 Å². The highest BCUT2D eigenvalue weighted by Crippen LogP contribution is 2.24. The summed E-state index contributed by atoms with van der Waals surface area (Å²) in [5.41, 5.74) is 2.68. The number of carbonyl (C=O) groups excluding carboxylic acids is 1. The van der Waals surface area contributed by atoms with E-state index in [-0.39, 0.29) is 11.9 Å². The Bertz CT molecular complexity index is 1460. The van der Waals surface area contributed by atoms with Gasteiger partial charge < -0.3 is 20.4 Å². The van der Waals surface area contributed by atoms with Crippen molar-refractivity contribution in [3.05, 3.63) is 103 Å². The Labute approximate surface area is 202 Å². The molecule has 0 fully saturated rings. The van der Waals surface area contributed by atoms with Crippen molar-refractivity contribution in [3.8, 4) is 0 Å². The number of hydrogen-bond donors (Lipinski definition) is 3. The number of rotatable bonds is 5. The third-order valence-corrected chi connectivity index (χ3v) is 5.70. The van der Waals surface area contributed by atoms with E-state index in [4.69, 9.17) is 16.6 Å². The maximum absolute atomic E-state index is 12.6. The molecule has 1 unspecified atom stereocenters. The maximum atomic E-state index is 12.6. The van der Waals surface area contributed by atoms with Crippen molar-refractivity contribution in [1.29, 1.82) is 0 Å². The molecule has 0 aliphatic carbocycles. The minimum Gasteiger partial charge on any atom is -0.459 e. The molecule has 6 nitrogen and oxygen atoms in total. The zero-order valence-corrected chi connectivity index (χ0v) is 19.2. The van der Waals surface area contributed by atoms with Gasteiger partial charge in [-0.2, -0.15) is 0 Å². The highest BCUT2D eigenvalue weighted by molar-refractivity contribution is 7.80. The summed E-state index contributed by atoms with van der Waals surface area (Å²) < 4.78 is 5.90. The molecule has 3 aromatic carbocycles. The van der Waals surface area contributed by atoms with E-state index in [0.29, 0.717) is 16.5 Å². The van der Waals surface area contributed by atoms with Gasteiger partial charge in [0.15, 0.2) is 5.11 Å². The Morgan fingerprint density at radius 2 is 1.50 bits per heavy atom. The van der Waals surface area contributed by atoms with Crippen molar-refractivity contribution in [2.24, 2.45) is 0 Å². The summed E-state index contributed by atoms with van der Waals surface area (Å²) >= 11 is 5.46. The number of aromatic nitrogens is 1. The van der Waals surface area contributed by atoms with Crippen LogP contribution in [0.15, 0.2) is 95.5 Å². The number of furan rings is 1. The Morgan fingerprint density at radius 3 is 2.24 bits per heavy atom. The summed E-state index contributed by atoms with van der Waals surface area (Å²) in [6.45, 7) is 1.99. The standard InChI is InChI=1S/C27H22N4O2S/c1-17(25-15-19-7-4-5-9-24(19)33-25)29-27(34)31-22-12-10-21(11-13-22)30-26(32)23-14-18-6-2-3-8-20(18)16-28-23/h2-17H,1H3,(H,30,32)(H2,29,31,34). The monoisotopic (exact) mass is 466 g/mol. The molecule has 0 aliphatic rings. The van der Waals surface area contributed by atoms with Crippen molar-refractivity contribution in [2.75, 3.05) is 10.6 Å². The van der Waals surface area contributed by atoms with Gasteiger partial charge in [0.1, 0.15) is 17.0 Å². The number of hydrogen-bond acceptors (Lipinski definition) is 4. The average molecular weight is 467 g/mol. The van der Waals surface area contributed by atoms with Crippen LogP contribution in [0, 0.1) is 0 Å². The number of pyridine rings is 1. The van der Waals surface area contributed by atoms with Crippen molar-refractivity contribution < 1.29 is 9.21 Å². The molecular weight excluding hydrogens is 444 g/mol. The lowest BCUT2D eigenvalue weighted by molar-refractivity contribution is 0.102. The second kappa shape index (κ2) is 9.33. The van der Waals surface area contributed by atoms with E-state index in [1.54, 1.807) is 12.3 Å². The molecular formula is C27H22N4O2S. The van der Waals surface area contributed by atoms with Crippen LogP contribution in [0.4, 0.5) is 11.4 Å². The van der Waals surface area contributed by atoms with Gasteiger partial charge in [-0.3, -0.25) is 9.78 Å². The fourth-order valence-electron chi connectivity index (χ4n) is 3.69. The van der Waals surface area contributed by atoms with Crippen molar-refractivity contribution in [2.45, 2.75) is 13.0 Å². The Balaban J connectivity index is 1.18. The molecule has 168 valence electrons. The topological polar surface area (TPSA) is 79.2 Å². The highest BCUT2D eigenvalue weighted by atomic mass is 32.1. The highest BCUT2D eigenvalue weighted by Gasteiger charge is 2.13. The number of fused-ring (bicyclic) bond motifs is 2. The van der Waals surface area contributed by atoms with Gasteiger partial charge >= 0.3 is 0 Å². The van der Waals surface area contributed by atoms with Crippen LogP contribution < -0.4 is 16.0 Å². The normalized spacial score (nSPS) is 11.8. The van der Waals surface area contributed by atoms with Crippen LogP contribution in [-0.2, 0) is 0 Å². The molecule has 34 heavy (non-hydrogen) atoms. The van der Waals surface area contributed by atoms with Gasteiger partial charge in [-0.05, 0) is 67.0 Å². The number of anilines is 2. The molecule has 0 spiro atoms.